The molecular weight excluding hydrogens is 239 g/mol. The predicted octanol–water partition coefficient (Wildman–Crippen LogP) is -4.26. The van der Waals surface area contributed by atoms with Crippen LogP contribution in [-0.2, 0) is 0 Å². The average Bonchev–Trinajstić information content (AvgIpc) is 0.722. The Hall–Kier alpha value is 4.37. The van der Waals surface area contributed by atoms with Gasteiger partial charge in [-0.1, -0.05) is 0 Å². The molecule has 50 valence electrons. The van der Waals surface area contributed by atoms with Gasteiger partial charge >= 0.3 is 122 Å². The van der Waals surface area contributed by atoms with Crippen molar-refractivity contribution in [3.63, 3.8) is 0 Å². The molecule has 0 aromatic heterocycles. The van der Waals surface area contributed by atoms with Crippen LogP contribution in [0.2, 0.25) is 0 Å². The molecule has 0 amide bonds. The number of hydrogen-bond acceptors (Lipinski definition) is 4. The molecule has 4 nitrogen and oxygen atoms in total. The van der Waals surface area contributed by atoms with Crippen molar-refractivity contribution in [2.75, 3.05) is 0 Å². The van der Waals surface area contributed by atoms with Crippen LogP contribution in [0.15, 0.2) is 0 Å². The molecule has 0 saturated carbocycles. The second-order valence-electron chi connectivity index (χ2n) is 0.600. The third-order valence-electron chi connectivity index (χ3n) is 0. The molecule has 0 radical (unpaired) electrons. The maximum Gasteiger partial charge on any atom is 2.00 e. The Labute approximate surface area is 164 Å². The fraction of sp³-hybridized carbons (Fsp3) is 0. The van der Waals surface area contributed by atoms with E-state index in [2.05, 4.69) is 0 Å². The van der Waals surface area contributed by atoms with Gasteiger partial charge < -0.3 is 27.7 Å². The van der Waals surface area contributed by atoms with E-state index in [1.807, 2.05) is 0 Å². The summed E-state index contributed by atoms with van der Waals surface area (Å²) in [4.78, 5) is 29.3. The minimum atomic E-state index is -4.61. The quantitative estimate of drug-likeness (QED) is 0.329. The third kappa shape index (κ3) is 69.7. The van der Waals surface area contributed by atoms with E-state index in [0.29, 0.717) is 0 Å². The molecule has 0 aromatic rings. The van der Waals surface area contributed by atoms with Crippen molar-refractivity contribution in [3.05, 3.63) is 0 Å². The molecule has 0 aliphatic heterocycles. The predicted molar refractivity (Wildman–Crippen MR) is 48.5 cm³/mol. The summed E-state index contributed by atoms with van der Waals surface area (Å²) in [5.41, 5.74) is 0. The van der Waals surface area contributed by atoms with Gasteiger partial charge in [0.15, 0.2) is 17.4 Å². The number of rotatable bonds is 0. The van der Waals surface area contributed by atoms with E-state index in [0.717, 1.165) is 0 Å². The van der Waals surface area contributed by atoms with Crippen molar-refractivity contribution in [2.45, 2.75) is 0 Å². The smallest absolute Gasteiger partial charge is 1.00 e. The topological polar surface area (TPSA) is 80.9 Å². The van der Waals surface area contributed by atoms with Crippen molar-refractivity contribution < 1.29 is 27.7 Å². The summed E-state index contributed by atoms with van der Waals surface area (Å²) in [5.74, 6) is 0. The van der Waals surface area contributed by atoms with Crippen molar-refractivity contribution in [1.82, 2.24) is 0 Å². The molecule has 0 spiro atoms. The van der Waals surface area contributed by atoms with Crippen molar-refractivity contribution in [1.29, 1.82) is 0 Å². The summed E-state index contributed by atoms with van der Waals surface area (Å²) in [6.45, 7) is 0. The first-order chi connectivity index (χ1) is 2.00. The van der Waals surface area contributed by atoms with Crippen LogP contribution in [0.3, 0.4) is 0 Å². The fourth-order valence-electron chi connectivity index (χ4n) is 0. The van der Waals surface area contributed by atoms with Gasteiger partial charge in [0.25, 0.3) is 0 Å². The van der Waals surface area contributed by atoms with Gasteiger partial charge in [-0.2, -0.15) is 0 Å². The van der Waals surface area contributed by atoms with Gasteiger partial charge in [-0.05, 0) is 0 Å². The Balaban J connectivity index is -0.00000000178. The SMILES string of the molecule is O[Si](O)(O)O.[AlH3].[Ca+2].[Ca+2].[Ca+2].[H-].[H-].[H-].[H-].[H-].[H-]. The van der Waals surface area contributed by atoms with E-state index in [-0.39, 0.29) is 139 Å². The molecule has 9 heteroatoms. The summed E-state index contributed by atoms with van der Waals surface area (Å²) < 4.78 is 0. The monoisotopic (exact) mass is 252 g/mol. The Morgan fingerprint density at radius 3 is 0.778 bits per heavy atom. The first-order valence-electron chi connectivity index (χ1n) is 0.894. The molecular formula is H13AlCa3O4Si. The zero-order valence-corrected chi connectivity index (χ0v) is 12.0. The van der Waals surface area contributed by atoms with E-state index in [9.17, 15) is 0 Å². The molecule has 0 aromatic carbocycles. The second kappa shape index (κ2) is 14.9. The Bertz CT molecular complexity index is 45.8. The molecule has 9 heavy (non-hydrogen) atoms. The molecule has 0 rings (SSSR count). The summed E-state index contributed by atoms with van der Waals surface area (Å²) in [6, 6.07) is 0. The maximum absolute atomic E-state index is 7.33. The standard InChI is InChI=1S/Al.3Ca.H4O4Si.9H/c;;;;1-5(2,3)4;;;;;;;;;/h;;;;1-4H;;;;;;;;;/q;3*+2;;;;;6*-1. The van der Waals surface area contributed by atoms with E-state index in [1.165, 1.54) is 0 Å². The first-order valence-corrected chi connectivity index (χ1v) is 2.68. The van der Waals surface area contributed by atoms with E-state index >= 15 is 0 Å². The largest absolute Gasteiger partial charge is 2.00 e. The van der Waals surface area contributed by atoms with Crippen molar-refractivity contribution >= 4 is 140 Å². The molecule has 0 unspecified atom stereocenters. The van der Waals surface area contributed by atoms with Gasteiger partial charge in [0.2, 0.25) is 0 Å². The summed E-state index contributed by atoms with van der Waals surface area (Å²) in [5, 5.41) is 0. The zero-order chi connectivity index (χ0) is 4.50. The summed E-state index contributed by atoms with van der Waals surface area (Å²) in [7, 11) is -4.61. The van der Waals surface area contributed by atoms with Gasteiger partial charge in [-0.3, -0.25) is 0 Å². The van der Waals surface area contributed by atoms with Crippen LogP contribution < -0.4 is 0 Å². The first kappa shape index (κ1) is 29.2. The van der Waals surface area contributed by atoms with Crippen LogP contribution >= 0.6 is 0 Å². The zero-order valence-electron chi connectivity index (χ0n) is 10.4. The summed E-state index contributed by atoms with van der Waals surface area (Å²) in [6.07, 6.45) is 0. The van der Waals surface area contributed by atoms with Crippen LogP contribution in [-0.4, -0.2) is 159 Å². The van der Waals surface area contributed by atoms with Gasteiger partial charge in [-0.25, -0.2) is 0 Å². The molecule has 0 bridgehead atoms. The molecule has 0 aliphatic rings. The Morgan fingerprint density at radius 1 is 0.778 bits per heavy atom. The average molecular weight is 252 g/mol. The van der Waals surface area contributed by atoms with Gasteiger partial charge in [0.05, 0.1) is 0 Å². The van der Waals surface area contributed by atoms with Crippen LogP contribution in [0, 0.1) is 0 Å². The van der Waals surface area contributed by atoms with E-state index in [1.54, 1.807) is 0 Å². The minimum absolute atomic E-state index is 0. The normalized spacial score (nSPS) is 6.67. The molecule has 0 saturated heterocycles. The van der Waals surface area contributed by atoms with E-state index < -0.39 is 9.05 Å². The Kier molecular flexibility index (Phi) is 48.2. The minimum Gasteiger partial charge on any atom is -1.00 e. The summed E-state index contributed by atoms with van der Waals surface area (Å²) >= 11 is 0. The van der Waals surface area contributed by atoms with Gasteiger partial charge in [0, 0.05) is 0 Å². The van der Waals surface area contributed by atoms with Crippen molar-refractivity contribution in [3.8, 4) is 0 Å². The number of hydrogen-bond donors (Lipinski definition) is 4. The maximum atomic E-state index is 7.33. The van der Waals surface area contributed by atoms with Crippen LogP contribution in [0.1, 0.15) is 8.56 Å². The van der Waals surface area contributed by atoms with Crippen LogP contribution in [0.25, 0.3) is 0 Å². The van der Waals surface area contributed by atoms with Gasteiger partial charge in [0.1, 0.15) is 0 Å². The third-order valence-corrected chi connectivity index (χ3v) is 0. The van der Waals surface area contributed by atoms with Gasteiger partial charge in [-0.15, -0.1) is 0 Å². The molecule has 0 atom stereocenters. The van der Waals surface area contributed by atoms with E-state index in [4.69, 9.17) is 19.2 Å². The van der Waals surface area contributed by atoms with Crippen LogP contribution in [0.4, 0.5) is 0 Å². The molecule has 0 heterocycles. The molecule has 0 aliphatic carbocycles. The fourth-order valence-corrected chi connectivity index (χ4v) is 0. The Morgan fingerprint density at radius 2 is 0.778 bits per heavy atom. The molecule has 4 N–H and O–H groups in total. The van der Waals surface area contributed by atoms with Crippen molar-refractivity contribution in [2.24, 2.45) is 0 Å². The molecule has 0 fully saturated rings. The van der Waals surface area contributed by atoms with Crippen LogP contribution in [0.5, 0.6) is 0 Å². The second-order valence-corrected chi connectivity index (χ2v) is 1.80.